The standard InChI is InChI=1S/C11H17NO4.ClH/c1-15-9-5-7(14)6-10(16-2)11(9)8(12)3-4-13;/h5-6,8,13-14H,3-4,12H2,1-2H3;1H/t8-;/m1./s1. The van der Waals surface area contributed by atoms with Crippen molar-refractivity contribution in [3.63, 3.8) is 0 Å². The summed E-state index contributed by atoms with van der Waals surface area (Å²) in [6, 6.07) is 2.54. The molecule has 0 radical (unpaired) electrons. The number of nitrogens with two attached hydrogens (primary N) is 1. The molecule has 0 spiro atoms. The number of aliphatic hydroxyl groups excluding tert-OH is 1. The Balaban J connectivity index is 0.00000256. The summed E-state index contributed by atoms with van der Waals surface area (Å²) in [5.41, 5.74) is 6.56. The van der Waals surface area contributed by atoms with Gasteiger partial charge in [-0.3, -0.25) is 0 Å². The molecule has 1 aromatic carbocycles. The van der Waals surface area contributed by atoms with Crippen molar-refractivity contribution in [1.29, 1.82) is 0 Å². The van der Waals surface area contributed by atoms with Crippen molar-refractivity contribution in [2.75, 3.05) is 20.8 Å². The lowest BCUT2D eigenvalue weighted by Gasteiger charge is -2.18. The summed E-state index contributed by atoms with van der Waals surface area (Å²) in [6.07, 6.45) is 0.400. The molecular formula is C11H18ClNO4. The molecular weight excluding hydrogens is 246 g/mol. The fourth-order valence-corrected chi connectivity index (χ4v) is 1.57. The zero-order valence-electron chi connectivity index (χ0n) is 9.84. The minimum Gasteiger partial charge on any atom is -0.508 e. The van der Waals surface area contributed by atoms with Gasteiger partial charge in [0.2, 0.25) is 0 Å². The highest BCUT2D eigenvalue weighted by atomic mass is 35.5. The molecule has 0 saturated carbocycles. The lowest BCUT2D eigenvalue weighted by Crippen LogP contribution is -2.14. The van der Waals surface area contributed by atoms with E-state index >= 15 is 0 Å². The second kappa shape index (κ2) is 7.21. The Kier molecular flexibility index (Phi) is 6.72. The van der Waals surface area contributed by atoms with E-state index in [1.165, 1.54) is 26.4 Å². The normalized spacial score (nSPS) is 11.5. The maximum Gasteiger partial charge on any atom is 0.131 e. The highest BCUT2D eigenvalue weighted by Crippen LogP contribution is 2.37. The number of hydrogen-bond donors (Lipinski definition) is 3. The van der Waals surface area contributed by atoms with Crippen molar-refractivity contribution < 1.29 is 19.7 Å². The molecule has 98 valence electrons. The summed E-state index contributed by atoms with van der Waals surface area (Å²) in [5, 5.41) is 18.3. The number of aliphatic hydroxyl groups is 1. The molecule has 1 rings (SSSR count). The van der Waals surface area contributed by atoms with Crippen LogP contribution >= 0.6 is 12.4 Å². The largest absolute Gasteiger partial charge is 0.508 e. The van der Waals surface area contributed by atoms with Gasteiger partial charge in [0.1, 0.15) is 17.2 Å². The second-order valence-electron chi connectivity index (χ2n) is 3.38. The fraction of sp³-hybridized carbons (Fsp3) is 0.455. The molecule has 4 N–H and O–H groups in total. The highest BCUT2D eigenvalue weighted by molar-refractivity contribution is 5.85. The Bertz CT molecular complexity index is 334. The van der Waals surface area contributed by atoms with E-state index in [4.69, 9.17) is 20.3 Å². The SMILES string of the molecule is COc1cc(O)cc(OC)c1[C@H](N)CCO.Cl. The summed E-state index contributed by atoms with van der Waals surface area (Å²) in [4.78, 5) is 0. The van der Waals surface area contributed by atoms with Crippen LogP contribution in [0.25, 0.3) is 0 Å². The molecule has 0 aliphatic heterocycles. The average Bonchev–Trinajstić information content (AvgIpc) is 2.27. The average molecular weight is 264 g/mol. The zero-order valence-corrected chi connectivity index (χ0v) is 10.7. The Morgan fingerprint density at radius 2 is 1.71 bits per heavy atom. The molecule has 5 nitrogen and oxygen atoms in total. The van der Waals surface area contributed by atoms with Crippen LogP contribution in [0.5, 0.6) is 17.2 Å². The van der Waals surface area contributed by atoms with Gasteiger partial charge < -0.3 is 25.4 Å². The van der Waals surface area contributed by atoms with Gasteiger partial charge in [-0.05, 0) is 6.42 Å². The Morgan fingerprint density at radius 3 is 2.06 bits per heavy atom. The van der Waals surface area contributed by atoms with E-state index in [2.05, 4.69) is 0 Å². The summed E-state index contributed by atoms with van der Waals surface area (Å²) >= 11 is 0. The Hall–Kier alpha value is -1.17. The van der Waals surface area contributed by atoms with Crippen molar-refractivity contribution in [1.82, 2.24) is 0 Å². The number of methoxy groups -OCH3 is 2. The number of aromatic hydroxyl groups is 1. The van der Waals surface area contributed by atoms with Crippen LogP contribution in [0, 0.1) is 0 Å². The first-order valence-corrected chi connectivity index (χ1v) is 4.95. The van der Waals surface area contributed by atoms with E-state index < -0.39 is 6.04 Å². The molecule has 0 fully saturated rings. The third kappa shape index (κ3) is 3.66. The van der Waals surface area contributed by atoms with E-state index in [9.17, 15) is 5.11 Å². The van der Waals surface area contributed by atoms with Gasteiger partial charge in [0.05, 0.1) is 19.8 Å². The number of phenols is 1. The van der Waals surface area contributed by atoms with Crippen LogP contribution in [-0.4, -0.2) is 31.0 Å². The van der Waals surface area contributed by atoms with Crippen molar-refractivity contribution in [3.05, 3.63) is 17.7 Å². The first-order chi connectivity index (χ1) is 7.63. The third-order valence-corrected chi connectivity index (χ3v) is 2.34. The van der Waals surface area contributed by atoms with Gasteiger partial charge in [0.25, 0.3) is 0 Å². The van der Waals surface area contributed by atoms with Gasteiger partial charge in [0, 0.05) is 24.8 Å². The summed E-state index contributed by atoms with van der Waals surface area (Å²) < 4.78 is 10.3. The minimum atomic E-state index is -0.393. The topological polar surface area (TPSA) is 84.9 Å². The van der Waals surface area contributed by atoms with Crippen LogP contribution in [0.1, 0.15) is 18.0 Å². The summed E-state index contributed by atoms with van der Waals surface area (Å²) in [7, 11) is 2.98. The van der Waals surface area contributed by atoms with Gasteiger partial charge in [-0.25, -0.2) is 0 Å². The first kappa shape index (κ1) is 15.8. The maximum absolute atomic E-state index is 9.44. The fourth-order valence-electron chi connectivity index (χ4n) is 1.57. The molecule has 17 heavy (non-hydrogen) atoms. The molecule has 0 unspecified atom stereocenters. The number of ether oxygens (including phenoxy) is 2. The molecule has 0 saturated heterocycles. The molecule has 0 aliphatic carbocycles. The van der Waals surface area contributed by atoms with E-state index in [0.717, 1.165) is 0 Å². The van der Waals surface area contributed by atoms with Gasteiger partial charge in [-0.2, -0.15) is 0 Å². The number of halogens is 1. The number of hydrogen-bond acceptors (Lipinski definition) is 5. The lowest BCUT2D eigenvalue weighted by molar-refractivity contribution is 0.273. The molecule has 0 amide bonds. The van der Waals surface area contributed by atoms with Crippen LogP contribution in [0.4, 0.5) is 0 Å². The smallest absolute Gasteiger partial charge is 0.131 e. The number of benzene rings is 1. The van der Waals surface area contributed by atoms with Crippen LogP contribution in [0.3, 0.4) is 0 Å². The van der Waals surface area contributed by atoms with Crippen LogP contribution in [0.2, 0.25) is 0 Å². The summed E-state index contributed by atoms with van der Waals surface area (Å²) in [5.74, 6) is 0.962. The van der Waals surface area contributed by atoms with E-state index in [0.29, 0.717) is 23.5 Å². The first-order valence-electron chi connectivity index (χ1n) is 4.95. The molecule has 0 bridgehead atoms. The zero-order chi connectivity index (χ0) is 12.1. The van der Waals surface area contributed by atoms with Gasteiger partial charge in [-0.1, -0.05) is 0 Å². The molecule has 0 aliphatic rings. The maximum atomic E-state index is 9.44. The Labute approximate surface area is 107 Å². The van der Waals surface area contributed by atoms with Crippen LogP contribution < -0.4 is 15.2 Å². The van der Waals surface area contributed by atoms with E-state index in [1.807, 2.05) is 0 Å². The van der Waals surface area contributed by atoms with Gasteiger partial charge >= 0.3 is 0 Å². The van der Waals surface area contributed by atoms with Gasteiger partial charge in [-0.15, -0.1) is 12.4 Å². The molecule has 1 aromatic rings. The number of rotatable bonds is 5. The van der Waals surface area contributed by atoms with Crippen molar-refractivity contribution in [3.8, 4) is 17.2 Å². The monoisotopic (exact) mass is 263 g/mol. The predicted molar refractivity (Wildman–Crippen MR) is 67.1 cm³/mol. The Morgan fingerprint density at radius 1 is 1.24 bits per heavy atom. The quantitative estimate of drug-likeness (QED) is 0.744. The third-order valence-electron chi connectivity index (χ3n) is 2.34. The van der Waals surface area contributed by atoms with E-state index in [-0.39, 0.29) is 24.8 Å². The lowest BCUT2D eigenvalue weighted by atomic mass is 10.0. The van der Waals surface area contributed by atoms with Crippen molar-refractivity contribution in [2.24, 2.45) is 5.73 Å². The highest BCUT2D eigenvalue weighted by Gasteiger charge is 2.18. The van der Waals surface area contributed by atoms with E-state index in [1.54, 1.807) is 0 Å². The number of phenolic OH excluding ortho intramolecular Hbond substituents is 1. The minimum absolute atomic E-state index is 0. The second-order valence-corrected chi connectivity index (χ2v) is 3.38. The van der Waals surface area contributed by atoms with Crippen molar-refractivity contribution >= 4 is 12.4 Å². The predicted octanol–water partition coefficient (Wildman–Crippen LogP) is 1.21. The van der Waals surface area contributed by atoms with Gasteiger partial charge in [0.15, 0.2) is 0 Å². The van der Waals surface area contributed by atoms with Crippen LogP contribution in [0.15, 0.2) is 12.1 Å². The molecule has 1 atom stereocenters. The van der Waals surface area contributed by atoms with Crippen LogP contribution in [-0.2, 0) is 0 Å². The van der Waals surface area contributed by atoms with Crippen molar-refractivity contribution in [2.45, 2.75) is 12.5 Å². The summed E-state index contributed by atoms with van der Waals surface area (Å²) in [6.45, 7) is -0.0195. The molecule has 0 aromatic heterocycles. The molecule has 6 heteroatoms. The molecule has 0 heterocycles.